The SMILES string of the molecule is CC(=O)O.CC(=O)O.I.I. The van der Waals surface area contributed by atoms with Crippen LogP contribution in [0.4, 0.5) is 0 Å². The maximum Gasteiger partial charge on any atom is 0.300 e. The molecule has 2 N–H and O–H groups in total. The van der Waals surface area contributed by atoms with Crippen molar-refractivity contribution in [3.8, 4) is 0 Å². The van der Waals surface area contributed by atoms with E-state index in [-0.39, 0.29) is 48.0 Å². The summed E-state index contributed by atoms with van der Waals surface area (Å²) in [4.78, 5) is 18.0. The van der Waals surface area contributed by atoms with Crippen molar-refractivity contribution in [2.45, 2.75) is 13.8 Å². The Morgan fingerprint density at radius 3 is 0.900 bits per heavy atom. The Bertz CT molecular complexity index is 73.3. The first-order valence-electron chi connectivity index (χ1n) is 1.86. The van der Waals surface area contributed by atoms with Crippen LogP contribution in [0.3, 0.4) is 0 Å². The van der Waals surface area contributed by atoms with Gasteiger partial charge < -0.3 is 10.2 Å². The van der Waals surface area contributed by atoms with Crippen LogP contribution in [-0.4, -0.2) is 22.2 Å². The van der Waals surface area contributed by atoms with Crippen molar-refractivity contribution < 1.29 is 19.8 Å². The lowest BCUT2D eigenvalue weighted by atomic mass is 10.9. The van der Waals surface area contributed by atoms with Gasteiger partial charge in [-0.2, -0.15) is 0 Å². The Morgan fingerprint density at radius 2 is 0.900 bits per heavy atom. The van der Waals surface area contributed by atoms with Crippen molar-refractivity contribution in [2.75, 3.05) is 0 Å². The third kappa shape index (κ3) is 2870. The van der Waals surface area contributed by atoms with Crippen LogP contribution in [0.25, 0.3) is 0 Å². The molecule has 0 aliphatic heterocycles. The Labute approximate surface area is 93.0 Å². The van der Waals surface area contributed by atoms with Crippen LogP contribution in [0.1, 0.15) is 13.8 Å². The highest BCUT2D eigenvalue weighted by atomic mass is 127. The second-order valence-electron chi connectivity index (χ2n) is 1.04. The van der Waals surface area contributed by atoms with Crippen LogP contribution >= 0.6 is 48.0 Å². The summed E-state index contributed by atoms with van der Waals surface area (Å²) in [6.45, 7) is 2.17. The van der Waals surface area contributed by atoms with Gasteiger partial charge in [0, 0.05) is 13.8 Å². The van der Waals surface area contributed by atoms with Gasteiger partial charge in [0.2, 0.25) is 0 Å². The fourth-order valence-electron chi connectivity index (χ4n) is 0. The van der Waals surface area contributed by atoms with Crippen LogP contribution in [-0.2, 0) is 9.59 Å². The van der Waals surface area contributed by atoms with E-state index in [9.17, 15) is 0 Å². The van der Waals surface area contributed by atoms with E-state index in [0.29, 0.717) is 0 Å². The Kier molecular flexibility index (Phi) is 36.3. The number of halogens is 2. The summed E-state index contributed by atoms with van der Waals surface area (Å²) in [5, 5.41) is 14.8. The van der Waals surface area contributed by atoms with Gasteiger partial charge in [-0.1, -0.05) is 0 Å². The monoisotopic (exact) mass is 376 g/mol. The van der Waals surface area contributed by atoms with Gasteiger partial charge in [-0.05, 0) is 0 Å². The van der Waals surface area contributed by atoms with E-state index < -0.39 is 11.9 Å². The molecule has 0 aromatic heterocycles. The van der Waals surface area contributed by atoms with E-state index in [1.807, 2.05) is 0 Å². The van der Waals surface area contributed by atoms with E-state index in [1.54, 1.807) is 0 Å². The van der Waals surface area contributed by atoms with Crippen molar-refractivity contribution in [1.82, 2.24) is 0 Å². The zero-order valence-electron chi connectivity index (χ0n) is 5.53. The maximum absolute atomic E-state index is 9.00. The summed E-state index contributed by atoms with van der Waals surface area (Å²) in [6, 6.07) is 0. The molecule has 0 saturated carbocycles. The number of carboxylic acid groups (broad SMARTS) is 2. The van der Waals surface area contributed by atoms with Gasteiger partial charge in [-0.25, -0.2) is 0 Å². The molecule has 0 aliphatic rings. The summed E-state index contributed by atoms with van der Waals surface area (Å²) < 4.78 is 0. The largest absolute Gasteiger partial charge is 0.481 e. The van der Waals surface area contributed by atoms with E-state index >= 15 is 0 Å². The highest BCUT2D eigenvalue weighted by Gasteiger charge is 1.65. The van der Waals surface area contributed by atoms with Gasteiger partial charge in [0.25, 0.3) is 11.9 Å². The van der Waals surface area contributed by atoms with Crippen LogP contribution in [0, 0.1) is 0 Å². The average molecular weight is 376 g/mol. The fourth-order valence-corrected chi connectivity index (χ4v) is 0. The van der Waals surface area contributed by atoms with E-state index in [4.69, 9.17) is 19.8 Å². The second-order valence-corrected chi connectivity index (χ2v) is 1.04. The van der Waals surface area contributed by atoms with Crippen molar-refractivity contribution in [3.05, 3.63) is 0 Å². The number of hydrogen-bond donors (Lipinski definition) is 2. The summed E-state index contributed by atoms with van der Waals surface area (Å²) in [5.74, 6) is -1.67. The summed E-state index contributed by atoms with van der Waals surface area (Å²) >= 11 is 0. The number of hydrogen-bond acceptors (Lipinski definition) is 2. The van der Waals surface area contributed by atoms with Crippen molar-refractivity contribution in [1.29, 1.82) is 0 Å². The molecule has 0 fully saturated rings. The number of aliphatic carboxylic acids is 2. The van der Waals surface area contributed by atoms with Crippen LogP contribution in [0.15, 0.2) is 0 Å². The molecular formula is C4H10I2O4. The number of carbonyl (C=O) groups is 2. The molecule has 0 spiro atoms. The molecule has 6 heteroatoms. The third-order valence-electron chi connectivity index (χ3n) is 0. The highest BCUT2D eigenvalue weighted by molar-refractivity contribution is 14.0. The van der Waals surface area contributed by atoms with Gasteiger partial charge in [0.05, 0.1) is 0 Å². The van der Waals surface area contributed by atoms with Crippen LogP contribution in [0.2, 0.25) is 0 Å². The van der Waals surface area contributed by atoms with Crippen molar-refractivity contribution in [3.63, 3.8) is 0 Å². The first-order chi connectivity index (χ1) is 3.46. The van der Waals surface area contributed by atoms with Gasteiger partial charge in [-0.15, -0.1) is 48.0 Å². The van der Waals surface area contributed by atoms with Gasteiger partial charge in [-0.3, -0.25) is 9.59 Å². The van der Waals surface area contributed by atoms with Gasteiger partial charge in [0.1, 0.15) is 0 Å². The lowest BCUT2D eigenvalue weighted by molar-refractivity contribution is -0.135. The van der Waals surface area contributed by atoms with E-state index in [1.165, 1.54) is 0 Å². The molecule has 0 atom stereocenters. The predicted octanol–water partition coefficient (Wildman–Crippen LogP) is 1.42. The molecule has 0 bridgehead atoms. The quantitative estimate of drug-likeness (QED) is 0.628. The molecular weight excluding hydrogens is 366 g/mol. The Hall–Kier alpha value is 0.400. The summed E-state index contributed by atoms with van der Waals surface area (Å²) in [6.07, 6.45) is 0. The van der Waals surface area contributed by atoms with Crippen LogP contribution < -0.4 is 0 Å². The average Bonchev–Trinajstić information content (AvgIpc) is 1.25. The molecule has 0 aromatic carbocycles. The molecule has 0 saturated heterocycles. The zero-order valence-corrected chi connectivity index (χ0v) is 10.2. The maximum atomic E-state index is 9.00. The van der Waals surface area contributed by atoms with Crippen molar-refractivity contribution >= 4 is 59.9 Å². The zero-order chi connectivity index (χ0) is 7.15. The molecule has 0 amide bonds. The minimum absolute atomic E-state index is 0. The lowest BCUT2D eigenvalue weighted by Crippen LogP contribution is -1.78. The molecule has 64 valence electrons. The van der Waals surface area contributed by atoms with Gasteiger partial charge in [0.15, 0.2) is 0 Å². The number of rotatable bonds is 0. The third-order valence-corrected chi connectivity index (χ3v) is 0. The van der Waals surface area contributed by atoms with E-state index in [2.05, 4.69) is 0 Å². The summed E-state index contributed by atoms with van der Waals surface area (Å²) in [7, 11) is 0. The molecule has 0 rings (SSSR count). The molecule has 10 heavy (non-hydrogen) atoms. The second kappa shape index (κ2) is 16.2. The normalized spacial score (nSPS) is 5.00. The fraction of sp³-hybridized carbons (Fsp3) is 0.500. The summed E-state index contributed by atoms with van der Waals surface area (Å²) in [5.41, 5.74) is 0. The smallest absolute Gasteiger partial charge is 0.300 e. The first kappa shape index (κ1) is 22.4. The van der Waals surface area contributed by atoms with E-state index in [0.717, 1.165) is 13.8 Å². The topological polar surface area (TPSA) is 74.6 Å². The highest BCUT2D eigenvalue weighted by Crippen LogP contribution is 1.42. The molecule has 0 aliphatic carbocycles. The van der Waals surface area contributed by atoms with Gasteiger partial charge >= 0.3 is 0 Å². The standard InChI is InChI=1S/2C2H4O2.2HI/c2*1-2(3)4;;/h2*1H3,(H,3,4);2*1H. The Balaban J connectivity index is -0.0000000300. The van der Waals surface area contributed by atoms with Crippen molar-refractivity contribution in [2.24, 2.45) is 0 Å². The molecule has 0 heterocycles. The van der Waals surface area contributed by atoms with Crippen LogP contribution in [0.5, 0.6) is 0 Å². The minimum atomic E-state index is -0.833. The molecule has 0 radical (unpaired) electrons. The predicted molar refractivity (Wildman–Crippen MR) is 57.4 cm³/mol. The number of carboxylic acids is 2. The Morgan fingerprint density at radius 1 is 0.900 bits per heavy atom. The molecule has 0 unspecified atom stereocenters. The first-order valence-corrected chi connectivity index (χ1v) is 1.86. The molecule has 4 nitrogen and oxygen atoms in total. The lowest BCUT2D eigenvalue weighted by Gasteiger charge is -1.59. The molecule has 0 aromatic rings. The minimum Gasteiger partial charge on any atom is -0.481 e.